The molecule has 0 aromatic carbocycles. The van der Waals surface area contributed by atoms with Crippen molar-refractivity contribution in [1.82, 2.24) is 25.1 Å². The quantitative estimate of drug-likeness (QED) is 0.892. The van der Waals surface area contributed by atoms with E-state index in [1.807, 2.05) is 17.0 Å². The molecule has 1 saturated heterocycles. The molecule has 0 spiro atoms. The first kappa shape index (κ1) is 17.2. The number of piperidine rings is 1. The van der Waals surface area contributed by atoms with Gasteiger partial charge in [-0.15, -0.1) is 0 Å². The predicted molar refractivity (Wildman–Crippen MR) is 99.4 cm³/mol. The number of pyridine rings is 1. The molecule has 1 saturated carbocycles. The summed E-state index contributed by atoms with van der Waals surface area (Å²) in [6.45, 7) is 1.64. The van der Waals surface area contributed by atoms with Crippen molar-refractivity contribution in [2.75, 3.05) is 13.1 Å². The summed E-state index contributed by atoms with van der Waals surface area (Å²) in [7, 11) is 0. The van der Waals surface area contributed by atoms with Crippen molar-refractivity contribution in [2.24, 2.45) is 5.92 Å². The second-order valence-corrected chi connectivity index (χ2v) is 7.65. The van der Waals surface area contributed by atoms with E-state index in [9.17, 15) is 4.79 Å². The van der Waals surface area contributed by atoms with Gasteiger partial charge in [0.05, 0.1) is 0 Å². The standard InChI is InChI=1S/C20H27N5O/c26-18(8-7-15-4-1-2-5-15)25-13-3-6-17(14-25)20-22-19(23-24-20)16-9-11-21-12-10-16/h9-12,15,17H,1-8,13-14H2,(H,22,23,24)/t17-/m0/s1. The Labute approximate surface area is 154 Å². The van der Waals surface area contributed by atoms with Gasteiger partial charge in [0.1, 0.15) is 5.82 Å². The molecular weight excluding hydrogens is 326 g/mol. The van der Waals surface area contributed by atoms with E-state index < -0.39 is 0 Å². The molecule has 3 heterocycles. The van der Waals surface area contributed by atoms with Gasteiger partial charge in [-0.3, -0.25) is 14.9 Å². The van der Waals surface area contributed by atoms with Crippen molar-refractivity contribution in [2.45, 2.75) is 57.3 Å². The van der Waals surface area contributed by atoms with Crippen LogP contribution in [0.5, 0.6) is 0 Å². The average molecular weight is 353 g/mol. The number of nitrogens with one attached hydrogen (secondary N) is 1. The van der Waals surface area contributed by atoms with Crippen molar-refractivity contribution in [3.63, 3.8) is 0 Å². The molecule has 2 aromatic rings. The third-order valence-corrected chi connectivity index (χ3v) is 5.84. The number of amides is 1. The van der Waals surface area contributed by atoms with Crippen LogP contribution in [0.15, 0.2) is 24.5 Å². The van der Waals surface area contributed by atoms with Gasteiger partial charge in [0.25, 0.3) is 0 Å². The smallest absolute Gasteiger partial charge is 0.222 e. The van der Waals surface area contributed by atoms with Gasteiger partial charge in [0, 0.05) is 43.4 Å². The highest BCUT2D eigenvalue weighted by Gasteiger charge is 2.27. The molecule has 1 N–H and O–H groups in total. The first-order valence-corrected chi connectivity index (χ1v) is 9.90. The van der Waals surface area contributed by atoms with Crippen LogP contribution in [-0.2, 0) is 4.79 Å². The molecule has 1 amide bonds. The summed E-state index contributed by atoms with van der Waals surface area (Å²) in [5.74, 6) is 2.94. The summed E-state index contributed by atoms with van der Waals surface area (Å²) in [6.07, 6.45) is 12.7. The van der Waals surface area contributed by atoms with Crippen LogP contribution in [0.4, 0.5) is 0 Å². The minimum Gasteiger partial charge on any atom is -0.342 e. The Morgan fingerprint density at radius 1 is 1.15 bits per heavy atom. The van der Waals surface area contributed by atoms with Gasteiger partial charge in [-0.05, 0) is 37.3 Å². The fourth-order valence-electron chi connectivity index (χ4n) is 4.30. The normalized spacial score (nSPS) is 21.2. The molecule has 2 aromatic heterocycles. The summed E-state index contributed by atoms with van der Waals surface area (Å²) in [5, 5.41) is 7.44. The van der Waals surface area contributed by atoms with E-state index in [1.54, 1.807) is 12.4 Å². The molecule has 2 fully saturated rings. The summed E-state index contributed by atoms with van der Waals surface area (Å²) < 4.78 is 0. The van der Waals surface area contributed by atoms with Crippen molar-refractivity contribution >= 4 is 5.91 Å². The number of rotatable bonds is 5. The van der Waals surface area contributed by atoms with Crippen LogP contribution in [0.3, 0.4) is 0 Å². The number of nitrogens with zero attached hydrogens (tertiary/aromatic N) is 4. The summed E-state index contributed by atoms with van der Waals surface area (Å²) in [5.41, 5.74) is 0.961. The number of carbonyl (C=O) groups is 1. The Hall–Kier alpha value is -2.24. The Morgan fingerprint density at radius 2 is 1.96 bits per heavy atom. The third-order valence-electron chi connectivity index (χ3n) is 5.84. The zero-order valence-electron chi connectivity index (χ0n) is 15.2. The number of H-pyrrole nitrogens is 1. The van der Waals surface area contributed by atoms with Crippen LogP contribution in [0.2, 0.25) is 0 Å². The molecule has 138 valence electrons. The fourth-order valence-corrected chi connectivity index (χ4v) is 4.30. The third kappa shape index (κ3) is 3.94. The van der Waals surface area contributed by atoms with Gasteiger partial charge in [0.15, 0.2) is 5.82 Å². The largest absolute Gasteiger partial charge is 0.342 e. The van der Waals surface area contributed by atoms with Gasteiger partial charge in [-0.2, -0.15) is 5.10 Å². The van der Waals surface area contributed by atoms with E-state index in [2.05, 4.69) is 20.2 Å². The minimum atomic E-state index is 0.252. The van der Waals surface area contributed by atoms with Crippen LogP contribution in [0.1, 0.15) is 63.1 Å². The van der Waals surface area contributed by atoms with Gasteiger partial charge in [0.2, 0.25) is 5.91 Å². The lowest BCUT2D eigenvalue weighted by atomic mass is 9.96. The zero-order chi connectivity index (χ0) is 17.8. The molecule has 26 heavy (non-hydrogen) atoms. The Kier molecular flexibility index (Phi) is 5.27. The number of hydrogen-bond donors (Lipinski definition) is 1. The maximum absolute atomic E-state index is 12.6. The van der Waals surface area contributed by atoms with Crippen LogP contribution >= 0.6 is 0 Å². The van der Waals surface area contributed by atoms with Crippen molar-refractivity contribution < 1.29 is 4.79 Å². The monoisotopic (exact) mass is 353 g/mol. The molecule has 6 nitrogen and oxygen atoms in total. The SMILES string of the molecule is O=C(CCC1CCCC1)N1CCC[C@H](c2nc(-c3ccncc3)n[nH]2)C1. The Balaban J connectivity index is 1.36. The maximum Gasteiger partial charge on any atom is 0.222 e. The first-order valence-electron chi connectivity index (χ1n) is 9.90. The van der Waals surface area contributed by atoms with Crippen LogP contribution < -0.4 is 0 Å². The van der Waals surface area contributed by atoms with Gasteiger partial charge in [-0.25, -0.2) is 4.98 Å². The topological polar surface area (TPSA) is 74.8 Å². The van der Waals surface area contributed by atoms with Gasteiger partial charge < -0.3 is 4.90 Å². The molecular formula is C20H27N5O. The molecule has 4 rings (SSSR count). The van der Waals surface area contributed by atoms with Gasteiger partial charge >= 0.3 is 0 Å². The van der Waals surface area contributed by atoms with Crippen LogP contribution in [0.25, 0.3) is 11.4 Å². The van der Waals surface area contributed by atoms with E-state index >= 15 is 0 Å². The number of likely N-dealkylation sites (tertiary alicyclic amines) is 1. The average Bonchev–Trinajstić information content (AvgIpc) is 3.39. The maximum atomic E-state index is 12.6. The molecule has 1 aliphatic carbocycles. The molecule has 2 aliphatic rings. The molecule has 0 radical (unpaired) electrons. The molecule has 1 aliphatic heterocycles. The molecule has 0 unspecified atom stereocenters. The highest BCUT2D eigenvalue weighted by atomic mass is 16.2. The Bertz CT molecular complexity index is 723. The van der Waals surface area contributed by atoms with Crippen molar-refractivity contribution in [3.8, 4) is 11.4 Å². The predicted octanol–water partition coefficient (Wildman–Crippen LogP) is 3.54. The molecule has 0 bridgehead atoms. The zero-order valence-corrected chi connectivity index (χ0v) is 15.2. The number of aromatic amines is 1. The highest BCUT2D eigenvalue weighted by Crippen LogP contribution is 2.30. The first-order chi connectivity index (χ1) is 12.8. The lowest BCUT2D eigenvalue weighted by molar-refractivity contribution is -0.132. The fraction of sp³-hybridized carbons (Fsp3) is 0.600. The molecule has 6 heteroatoms. The van der Waals surface area contributed by atoms with E-state index in [-0.39, 0.29) is 5.92 Å². The van der Waals surface area contributed by atoms with E-state index in [4.69, 9.17) is 0 Å². The summed E-state index contributed by atoms with van der Waals surface area (Å²) >= 11 is 0. The number of hydrogen-bond acceptors (Lipinski definition) is 4. The van der Waals surface area contributed by atoms with Crippen molar-refractivity contribution in [3.05, 3.63) is 30.4 Å². The van der Waals surface area contributed by atoms with Crippen LogP contribution in [0, 0.1) is 5.92 Å². The summed E-state index contributed by atoms with van der Waals surface area (Å²) in [4.78, 5) is 23.4. The van der Waals surface area contributed by atoms with E-state index in [1.165, 1.54) is 25.7 Å². The number of aromatic nitrogens is 4. The second kappa shape index (κ2) is 7.98. The van der Waals surface area contributed by atoms with E-state index in [0.717, 1.165) is 49.7 Å². The van der Waals surface area contributed by atoms with E-state index in [0.29, 0.717) is 18.2 Å². The highest BCUT2D eigenvalue weighted by molar-refractivity contribution is 5.76. The minimum absolute atomic E-state index is 0.252. The lowest BCUT2D eigenvalue weighted by Gasteiger charge is -2.32. The van der Waals surface area contributed by atoms with Crippen molar-refractivity contribution in [1.29, 1.82) is 0 Å². The number of carbonyl (C=O) groups excluding carboxylic acids is 1. The second-order valence-electron chi connectivity index (χ2n) is 7.65. The van der Waals surface area contributed by atoms with Gasteiger partial charge in [-0.1, -0.05) is 25.7 Å². The molecule has 1 atom stereocenters. The lowest BCUT2D eigenvalue weighted by Crippen LogP contribution is -2.39. The van der Waals surface area contributed by atoms with Crippen LogP contribution in [-0.4, -0.2) is 44.1 Å². The summed E-state index contributed by atoms with van der Waals surface area (Å²) in [6, 6.07) is 3.82. The Morgan fingerprint density at radius 3 is 2.77 bits per heavy atom.